The summed E-state index contributed by atoms with van der Waals surface area (Å²) in [5, 5.41) is 11.9. The number of phenols is 1. The molecule has 6 rings (SSSR count). The lowest BCUT2D eigenvalue weighted by molar-refractivity contribution is -0.135. The van der Waals surface area contributed by atoms with E-state index in [9.17, 15) is 19.5 Å². The van der Waals surface area contributed by atoms with E-state index in [4.69, 9.17) is 25.5 Å². The first-order chi connectivity index (χ1) is 17.8. The fraction of sp³-hybridized carbons (Fsp3) is 0.107. The summed E-state index contributed by atoms with van der Waals surface area (Å²) in [5.41, 5.74) is 1.15. The average molecular weight is 516 g/mol. The SMILES string of the molecule is COc1ccc2cc(C3CC(=O)Oc4cc(O)c5c(=O)c(-c6ccc(Cl)cc6)coc5c43)c(=O)[nH]c2c1. The standard InChI is InChI=1S/C28H18ClNO7/c1-35-16-7-4-14-8-18(28(34)30-20(14)9-16)17-10-23(32)37-22-11-21(31)25-26(33)19(12-36-27(25)24(17)22)13-2-5-15(29)6-3-13/h2-9,11-12,17,31H,10H2,1H3,(H,30,34). The van der Waals surface area contributed by atoms with E-state index in [0.717, 1.165) is 5.39 Å². The number of benzene rings is 3. The van der Waals surface area contributed by atoms with Crippen molar-refractivity contribution in [3.05, 3.63) is 97.6 Å². The summed E-state index contributed by atoms with van der Waals surface area (Å²) in [7, 11) is 1.53. The Labute approximate surface area is 213 Å². The molecule has 9 heteroatoms. The third-order valence-electron chi connectivity index (χ3n) is 6.58. The number of hydrogen-bond acceptors (Lipinski definition) is 7. The molecule has 37 heavy (non-hydrogen) atoms. The highest BCUT2D eigenvalue weighted by Crippen LogP contribution is 2.45. The van der Waals surface area contributed by atoms with Gasteiger partial charge in [-0.2, -0.15) is 0 Å². The molecule has 184 valence electrons. The maximum Gasteiger partial charge on any atom is 0.312 e. The smallest absolute Gasteiger partial charge is 0.312 e. The van der Waals surface area contributed by atoms with E-state index < -0.39 is 28.6 Å². The van der Waals surface area contributed by atoms with Gasteiger partial charge in [-0.1, -0.05) is 23.7 Å². The van der Waals surface area contributed by atoms with Crippen LogP contribution >= 0.6 is 11.6 Å². The summed E-state index contributed by atoms with van der Waals surface area (Å²) in [6, 6.07) is 14.8. The quantitative estimate of drug-likeness (QED) is 0.253. The Balaban J connectivity index is 1.59. The van der Waals surface area contributed by atoms with Crippen LogP contribution in [0.25, 0.3) is 33.0 Å². The number of halogens is 1. The minimum absolute atomic E-state index is 0.0304. The van der Waals surface area contributed by atoms with Crippen LogP contribution in [0.15, 0.2) is 74.9 Å². The number of fused-ring (bicyclic) bond motifs is 4. The lowest BCUT2D eigenvalue weighted by Crippen LogP contribution is -2.26. The van der Waals surface area contributed by atoms with Crippen molar-refractivity contribution in [3.63, 3.8) is 0 Å². The van der Waals surface area contributed by atoms with E-state index in [1.54, 1.807) is 48.5 Å². The number of esters is 1. The summed E-state index contributed by atoms with van der Waals surface area (Å²) in [5.74, 6) is -1.14. The molecule has 2 aromatic heterocycles. The number of rotatable bonds is 3. The number of phenolic OH excluding ortho intramolecular Hbond substituents is 1. The molecular weight excluding hydrogens is 498 g/mol. The number of aromatic amines is 1. The predicted octanol–water partition coefficient (Wildman–Crippen LogP) is 5.11. The summed E-state index contributed by atoms with van der Waals surface area (Å²) in [6.07, 6.45) is 1.14. The topological polar surface area (TPSA) is 119 Å². The molecule has 1 unspecified atom stereocenters. The van der Waals surface area contributed by atoms with Gasteiger partial charge in [-0.05, 0) is 41.3 Å². The van der Waals surface area contributed by atoms with Gasteiger partial charge in [0.15, 0.2) is 0 Å². The van der Waals surface area contributed by atoms with E-state index in [1.165, 1.54) is 19.4 Å². The molecule has 0 bridgehead atoms. The molecule has 5 aromatic rings. The summed E-state index contributed by atoms with van der Waals surface area (Å²) >= 11 is 5.97. The number of methoxy groups -OCH3 is 1. The lowest BCUT2D eigenvalue weighted by atomic mass is 9.85. The third kappa shape index (κ3) is 3.73. The Bertz CT molecular complexity index is 1850. The van der Waals surface area contributed by atoms with Crippen LogP contribution in [0.5, 0.6) is 17.2 Å². The molecule has 1 atom stereocenters. The van der Waals surface area contributed by atoms with Crippen molar-refractivity contribution >= 4 is 39.4 Å². The van der Waals surface area contributed by atoms with Crippen molar-refractivity contribution in [1.29, 1.82) is 0 Å². The Hall–Kier alpha value is -4.56. The maximum atomic E-state index is 13.5. The number of carbonyl (C=O) groups excluding carboxylic acids is 1. The molecule has 1 aliphatic rings. The largest absolute Gasteiger partial charge is 0.507 e. The van der Waals surface area contributed by atoms with Crippen LogP contribution in [0, 0.1) is 0 Å². The lowest BCUT2D eigenvalue weighted by Gasteiger charge is -2.25. The molecule has 3 heterocycles. The van der Waals surface area contributed by atoms with Crippen molar-refractivity contribution < 1.29 is 23.8 Å². The normalized spacial score (nSPS) is 15.0. The van der Waals surface area contributed by atoms with Crippen LogP contribution in [0.2, 0.25) is 5.02 Å². The number of hydrogen-bond donors (Lipinski definition) is 2. The Morgan fingerprint density at radius 2 is 1.84 bits per heavy atom. The third-order valence-corrected chi connectivity index (χ3v) is 6.83. The van der Waals surface area contributed by atoms with Crippen LogP contribution in [0.3, 0.4) is 0 Å². The van der Waals surface area contributed by atoms with Crippen molar-refractivity contribution in [1.82, 2.24) is 4.98 Å². The van der Waals surface area contributed by atoms with Gasteiger partial charge in [0.1, 0.15) is 34.5 Å². The summed E-state index contributed by atoms with van der Waals surface area (Å²) in [6.45, 7) is 0. The second kappa shape index (κ2) is 8.53. The van der Waals surface area contributed by atoms with Crippen LogP contribution in [0.1, 0.15) is 23.5 Å². The second-order valence-corrected chi connectivity index (χ2v) is 9.17. The molecule has 0 spiro atoms. The van der Waals surface area contributed by atoms with Crippen molar-refractivity contribution in [2.45, 2.75) is 12.3 Å². The van der Waals surface area contributed by atoms with E-state index in [-0.39, 0.29) is 28.7 Å². The molecular formula is C28H18ClNO7. The zero-order valence-electron chi connectivity index (χ0n) is 19.3. The molecule has 0 saturated heterocycles. The highest BCUT2D eigenvalue weighted by Gasteiger charge is 2.35. The van der Waals surface area contributed by atoms with E-state index in [2.05, 4.69) is 4.98 Å². The van der Waals surface area contributed by atoms with Crippen LogP contribution in [0.4, 0.5) is 0 Å². The van der Waals surface area contributed by atoms with Gasteiger partial charge in [0.05, 0.1) is 24.6 Å². The molecule has 0 aliphatic carbocycles. The Kier molecular flexibility index (Phi) is 5.27. The van der Waals surface area contributed by atoms with E-state index in [1.807, 2.05) is 0 Å². The monoisotopic (exact) mass is 515 g/mol. The van der Waals surface area contributed by atoms with Crippen molar-refractivity contribution in [3.8, 4) is 28.4 Å². The zero-order chi connectivity index (χ0) is 25.8. The Morgan fingerprint density at radius 1 is 1.05 bits per heavy atom. The molecule has 0 amide bonds. The highest BCUT2D eigenvalue weighted by atomic mass is 35.5. The van der Waals surface area contributed by atoms with Gasteiger partial charge in [0, 0.05) is 34.2 Å². The van der Waals surface area contributed by atoms with Crippen molar-refractivity contribution in [2.24, 2.45) is 0 Å². The molecule has 3 aromatic carbocycles. The molecule has 8 nitrogen and oxygen atoms in total. The number of nitrogens with one attached hydrogen (secondary N) is 1. The predicted molar refractivity (Wildman–Crippen MR) is 138 cm³/mol. The van der Waals surface area contributed by atoms with Crippen LogP contribution < -0.4 is 20.5 Å². The fourth-order valence-electron chi connectivity index (χ4n) is 4.81. The first-order valence-corrected chi connectivity index (χ1v) is 11.7. The second-order valence-electron chi connectivity index (χ2n) is 8.73. The number of carbonyl (C=O) groups is 1. The zero-order valence-corrected chi connectivity index (χ0v) is 20.1. The maximum absolute atomic E-state index is 13.5. The Morgan fingerprint density at radius 3 is 2.59 bits per heavy atom. The van der Waals surface area contributed by atoms with Crippen LogP contribution in [-0.4, -0.2) is 23.2 Å². The summed E-state index contributed by atoms with van der Waals surface area (Å²) in [4.78, 5) is 42.0. The minimum Gasteiger partial charge on any atom is -0.507 e. The number of pyridine rings is 1. The van der Waals surface area contributed by atoms with Crippen LogP contribution in [-0.2, 0) is 4.79 Å². The first kappa shape index (κ1) is 22.9. The van der Waals surface area contributed by atoms with Gasteiger partial charge < -0.3 is 24.0 Å². The number of aromatic hydroxyl groups is 1. The molecule has 1 aliphatic heterocycles. The molecule has 2 N–H and O–H groups in total. The van der Waals surface area contributed by atoms with Gasteiger partial charge in [-0.25, -0.2) is 0 Å². The van der Waals surface area contributed by atoms with Gasteiger partial charge in [-0.15, -0.1) is 0 Å². The molecule has 0 radical (unpaired) electrons. The van der Waals surface area contributed by atoms with Gasteiger partial charge in [0.25, 0.3) is 5.56 Å². The molecule has 0 fully saturated rings. The summed E-state index contributed by atoms with van der Waals surface area (Å²) < 4.78 is 16.5. The number of ether oxygens (including phenoxy) is 2. The van der Waals surface area contributed by atoms with Gasteiger partial charge in [-0.3, -0.25) is 14.4 Å². The van der Waals surface area contributed by atoms with E-state index >= 15 is 0 Å². The first-order valence-electron chi connectivity index (χ1n) is 11.3. The van der Waals surface area contributed by atoms with Gasteiger partial charge >= 0.3 is 5.97 Å². The average Bonchev–Trinajstić information content (AvgIpc) is 2.88. The van der Waals surface area contributed by atoms with Crippen molar-refractivity contribution in [2.75, 3.05) is 7.11 Å². The van der Waals surface area contributed by atoms with E-state index in [0.29, 0.717) is 33.0 Å². The molecule has 0 saturated carbocycles. The number of H-pyrrole nitrogens is 1. The minimum atomic E-state index is -0.779. The number of aromatic nitrogens is 1. The highest BCUT2D eigenvalue weighted by molar-refractivity contribution is 6.30. The van der Waals surface area contributed by atoms with Gasteiger partial charge in [0.2, 0.25) is 5.43 Å². The fourth-order valence-corrected chi connectivity index (χ4v) is 4.94.